The van der Waals surface area contributed by atoms with Gasteiger partial charge in [0.25, 0.3) is 0 Å². The second-order valence-corrected chi connectivity index (χ2v) is 96.3. The predicted molar refractivity (Wildman–Crippen MR) is 494 cm³/mol. The molecule has 0 bridgehead atoms. The molecule has 0 radical (unpaired) electrons. The van der Waals surface area contributed by atoms with E-state index in [-0.39, 0.29) is 0 Å². The topological polar surface area (TPSA) is 46.5 Å². The molecule has 0 aromatic carbocycles. The molecule has 0 rings (SSSR count). The molecule has 1 N–H and O–H groups in total. The lowest BCUT2D eigenvalue weighted by molar-refractivity contribution is 0.251. The molecule has 1 unspecified atom stereocenters. The largest absolute Gasteiger partial charge is 0.304 e. The van der Waals surface area contributed by atoms with Crippen molar-refractivity contribution in [1.82, 2.24) is 0 Å². The first-order chi connectivity index (χ1) is 30.9. The van der Waals surface area contributed by atoms with Gasteiger partial charge in [-0.1, -0.05) is 717 Å². The van der Waals surface area contributed by atoms with E-state index in [2.05, 4.69) is 749 Å². The molecule has 0 aliphatic heterocycles. The van der Waals surface area contributed by atoms with Crippen molar-refractivity contribution in [1.29, 1.82) is 0 Å². The lowest BCUT2D eigenvalue weighted by Gasteiger charge is -2.63. The average molecular weight is 4110 g/mol. The third-order valence-electron chi connectivity index (χ3n) is 8.78. The van der Waals surface area contributed by atoms with Gasteiger partial charge in [-0.2, -0.15) is 4.21 Å². The molecule has 0 aromatic rings. The van der Waals surface area contributed by atoms with Gasteiger partial charge in [-0.3, -0.25) is 4.55 Å². The van der Waals surface area contributed by atoms with E-state index in [1.165, 1.54) is 0 Å². The Morgan fingerprint density at radius 1 is 0.189 bits per heavy atom. The number of hydrogen-bond donors (Lipinski definition) is 1. The molecular weight excluding hydrogens is 4110 g/mol. The first-order valence-corrected chi connectivity index (χ1v) is 53.4. The Kier molecular flexibility index (Phi) is 41.3. The minimum atomic E-state index is -2.75. The minimum absolute atomic E-state index is 0.957. The maximum absolute atomic E-state index is 11.9. The summed E-state index contributed by atoms with van der Waals surface area (Å²) in [6, 6.07) is 0. The third-order valence-corrected chi connectivity index (χ3v) is 111. The van der Waals surface area contributed by atoms with Crippen LogP contribution in [0.15, 0.2) is 0 Å². The summed E-state index contributed by atoms with van der Waals surface area (Å²) in [6.07, 6.45) is 0. The predicted octanol–water partition coefficient (Wildman–Crippen LogP) is 34.6. The van der Waals surface area contributed by atoms with Gasteiger partial charge in [0.05, 0.1) is 0 Å². The maximum Gasteiger partial charge on any atom is 0.304 e. The number of hydrogen-bond acceptors (Lipinski definition) is 2. The Balaban J connectivity index is 8.15. The van der Waals surface area contributed by atoms with Gasteiger partial charge in [-0.25, -0.2) is 4.18 Å². The monoisotopic (exact) mass is 4070 g/mol. The van der Waals surface area contributed by atoms with Crippen molar-refractivity contribution in [3.8, 4) is 0 Å². The van der Waals surface area contributed by atoms with Crippen LogP contribution in [0.3, 0.4) is 0 Å². The van der Waals surface area contributed by atoms with E-state index in [4.69, 9.17) is 4.18 Å². The van der Waals surface area contributed by atoms with Crippen LogP contribution in [0.2, 0.25) is 0 Å². The SMILES string of the molecule is O=S(O)OC(Br)(Br)C(Br)(Br)C(Br)(Br)C(Br)(Br)C(Br)(Br)C(Br)(Br)C(Br)(Br)C(Br)(Br)C(Br)(Br)C(Br)(Br)C(Br)(Br)C(Br)(Br)C(Br)(Br)C(Br)(Br)C(Br)(Br)C(Br)(Br)C(Br)(Br)C(Br)(Br)C(Br)(Br)C(Br)(Br)C(Br)(Br)C(Br)(Br)C(Br)(Br)Br. The molecule has 0 heterocycles. The highest BCUT2D eigenvalue weighted by atomic mass is 80.0. The van der Waals surface area contributed by atoms with Crippen molar-refractivity contribution < 1.29 is 12.9 Å². The second kappa shape index (κ2) is 31.6. The number of halogens is 47. The number of rotatable bonds is 23. The molecule has 0 aliphatic rings. The summed E-state index contributed by atoms with van der Waals surface area (Å²) >= 11 is 182. The van der Waals surface area contributed by atoms with Crippen molar-refractivity contribution in [2.75, 3.05) is 0 Å². The van der Waals surface area contributed by atoms with Crippen molar-refractivity contribution in [2.24, 2.45) is 0 Å². The van der Waals surface area contributed by atoms with E-state index < -0.39 is 84.8 Å². The van der Waals surface area contributed by atoms with Crippen LogP contribution < -0.4 is 0 Å². The van der Waals surface area contributed by atoms with Crippen LogP contribution in [0, 0.1) is 0 Å². The lowest BCUT2D eigenvalue weighted by Crippen LogP contribution is -2.74. The molecule has 1 atom stereocenters. The summed E-state index contributed by atoms with van der Waals surface area (Å²) < 4.78 is -5.83. The van der Waals surface area contributed by atoms with E-state index in [0.717, 1.165) is 0 Å². The molecule has 0 saturated heterocycles. The van der Waals surface area contributed by atoms with Crippen LogP contribution in [0.5, 0.6) is 0 Å². The fraction of sp³-hybridized carbons (Fsp3) is 1.00. The molecule has 0 aromatic heterocycles. The van der Waals surface area contributed by atoms with Gasteiger partial charge in [-0.15, -0.1) is 0 Å². The molecule has 74 heavy (non-hydrogen) atoms. The Hall–Kier alpha value is 22.6. The van der Waals surface area contributed by atoms with Gasteiger partial charge in [0, 0.05) is 0 Å². The second-order valence-electron chi connectivity index (χ2n) is 13.4. The Morgan fingerprint density at radius 2 is 0.284 bits per heavy atom. The van der Waals surface area contributed by atoms with Gasteiger partial charge < -0.3 is 0 Å². The Labute approximate surface area is 824 Å². The van der Waals surface area contributed by atoms with Crippen LogP contribution in [0.25, 0.3) is 0 Å². The summed E-state index contributed by atoms with van der Waals surface area (Å²) in [4.78, 5) is 0. The van der Waals surface area contributed by atoms with E-state index in [1.54, 1.807) is 0 Å². The fourth-order valence-corrected chi connectivity index (χ4v) is 53.7. The summed E-state index contributed by atoms with van der Waals surface area (Å²) in [6.45, 7) is 0. The molecular formula is C23HBr47O3S. The van der Waals surface area contributed by atoms with Gasteiger partial charge in [0.15, 0.2) is 5.38 Å². The first-order valence-electron chi connectivity index (χ1n) is 15.1. The highest BCUT2D eigenvalue weighted by Crippen LogP contribution is 2.86. The van der Waals surface area contributed by atoms with Crippen LogP contribution in [-0.4, -0.2) is 82.2 Å². The zero-order valence-corrected chi connectivity index (χ0v) is 106. The summed E-state index contributed by atoms with van der Waals surface area (Å²) in [5.74, 6) is 0. The van der Waals surface area contributed by atoms with Crippen LogP contribution in [-0.2, 0) is 15.5 Å². The van der Waals surface area contributed by atoms with Gasteiger partial charge in [0.2, 0.25) is 3.42 Å². The summed E-state index contributed by atoms with van der Waals surface area (Å²) in [5.41, 5.74) is 0. The molecule has 446 valence electrons. The molecule has 51 heteroatoms. The van der Waals surface area contributed by atoms with Crippen molar-refractivity contribution in [3.63, 3.8) is 0 Å². The molecule has 0 amide bonds. The van der Waals surface area contributed by atoms with Crippen molar-refractivity contribution >= 4 is 760 Å². The Morgan fingerprint density at radius 3 is 0.378 bits per heavy atom. The van der Waals surface area contributed by atoms with Crippen molar-refractivity contribution in [3.05, 3.63) is 0 Å². The molecule has 0 saturated carbocycles. The summed E-state index contributed by atoms with van der Waals surface area (Å²) in [5, 5.41) is 0. The van der Waals surface area contributed by atoms with Gasteiger partial charge in [0.1, 0.15) is 64.7 Å². The van der Waals surface area contributed by atoms with Crippen molar-refractivity contribution in [2.45, 2.75) is 73.5 Å². The van der Waals surface area contributed by atoms with E-state index >= 15 is 0 Å². The fourth-order valence-electron chi connectivity index (χ4n) is 4.25. The highest BCUT2D eigenvalue weighted by Gasteiger charge is 2.86. The molecule has 3 nitrogen and oxygen atoms in total. The van der Waals surface area contributed by atoms with Gasteiger partial charge in [-0.05, 0) is 31.9 Å². The average Bonchev–Trinajstić information content (AvgIpc) is 3.15. The lowest BCUT2D eigenvalue weighted by atomic mass is 10.0. The van der Waals surface area contributed by atoms with E-state index in [0.29, 0.717) is 0 Å². The van der Waals surface area contributed by atoms with Crippen LogP contribution in [0.4, 0.5) is 0 Å². The quantitative estimate of drug-likeness (QED) is 0.0819. The van der Waals surface area contributed by atoms with E-state index in [1.807, 2.05) is 0 Å². The smallest absolute Gasteiger partial charge is 0.284 e. The molecule has 0 fully saturated rings. The molecule has 0 spiro atoms. The maximum atomic E-state index is 11.9. The minimum Gasteiger partial charge on any atom is -0.284 e. The normalized spacial score (nSPS) is 17.8. The summed E-state index contributed by atoms with van der Waals surface area (Å²) in [7, 11) is 0. The van der Waals surface area contributed by atoms with E-state index in [9.17, 15) is 8.76 Å². The molecule has 0 aliphatic carbocycles. The number of alkyl halides is 47. The third kappa shape index (κ3) is 16.3. The standard InChI is InChI=1S/C23HBr47O3S/c24-1(25,2(26,27)4(30,31)6(34,35)8(38,39)10(42,43)12(46,47)14(50,51)16(54,55)18(58,59)20(62,63)22(66,67)68)3(28,29)5(32,33)7(36,37)9(40,41)11(44,45)13(48,49)15(52,53)17(56,57)19(60,61)21(64,65)23(69,70)73-74(71)72/h(H,71,72). The highest BCUT2D eigenvalue weighted by molar-refractivity contribution is 9.44. The van der Waals surface area contributed by atoms with Crippen LogP contribution in [0.1, 0.15) is 0 Å². The zero-order chi connectivity index (χ0) is 61.8. The van der Waals surface area contributed by atoms with Gasteiger partial charge >= 0.3 is 11.4 Å². The first kappa shape index (κ1) is 96.6. The Bertz CT molecular complexity index is 2070. The zero-order valence-electron chi connectivity index (χ0n) is 30.9. The van der Waals surface area contributed by atoms with Crippen LogP contribution >= 0.6 is 749 Å².